The van der Waals surface area contributed by atoms with E-state index < -0.39 is 51.5 Å². The third-order valence-corrected chi connectivity index (χ3v) is 9.19. The molecule has 2 heterocycles. The summed E-state index contributed by atoms with van der Waals surface area (Å²) in [6.07, 6.45) is 0.418. The van der Waals surface area contributed by atoms with Crippen LogP contribution in [0.1, 0.15) is 58.6 Å². The van der Waals surface area contributed by atoms with Gasteiger partial charge in [-0.2, -0.15) is 4.31 Å². The molecule has 0 aromatic heterocycles. The number of piperazine rings is 1. The van der Waals surface area contributed by atoms with Gasteiger partial charge >= 0.3 is 12.2 Å². The topological polar surface area (TPSA) is 96.5 Å². The van der Waals surface area contributed by atoms with Crippen LogP contribution in [0.25, 0.3) is 0 Å². The third-order valence-electron chi connectivity index (χ3n) is 7.22. The molecule has 2 aliphatic heterocycles. The van der Waals surface area contributed by atoms with Gasteiger partial charge in [-0.05, 0) is 88.9 Å². The lowest BCUT2D eigenvalue weighted by molar-refractivity contribution is 0.00101. The van der Waals surface area contributed by atoms with Crippen molar-refractivity contribution in [3.8, 4) is 0 Å². The van der Waals surface area contributed by atoms with Crippen LogP contribution in [-0.2, 0) is 19.5 Å². The van der Waals surface area contributed by atoms with Gasteiger partial charge in [0, 0.05) is 19.6 Å². The van der Waals surface area contributed by atoms with Crippen LogP contribution in [0, 0.1) is 11.6 Å². The fourth-order valence-corrected chi connectivity index (χ4v) is 7.15. The van der Waals surface area contributed by atoms with Crippen LogP contribution in [0.2, 0.25) is 0 Å². The number of hydrogen-bond donors (Lipinski definition) is 0. The van der Waals surface area contributed by atoms with Gasteiger partial charge in [-0.3, -0.25) is 0 Å². The Morgan fingerprint density at radius 3 is 2.32 bits per heavy atom. The average molecular weight is 594 g/mol. The molecule has 2 aliphatic rings. The monoisotopic (exact) mass is 593 g/mol. The van der Waals surface area contributed by atoms with Crippen LogP contribution in [0.15, 0.2) is 53.4 Å². The Bertz CT molecular complexity index is 1350. The normalized spacial score (nSPS) is 22.3. The molecule has 0 bridgehead atoms. The maximum atomic E-state index is 14.1. The zero-order valence-corrected chi connectivity index (χ0v) is 24.6. The molecule has 3 atom stereocenters. The smallest absolute Gasteiger partial charge is 0.410 e. The number of halogens is 2. The summed E-state index contributed by atoms with van der Waals surface area (Å²) < 4.78 is 67.9. The third kappa shape index (κ3) is 7.34. The Hall–Kier alpha value is -3.25. The molecule has 2 fully saturated rings. The van der Waals surface area contributed by atoms with Crippen molar-refractivity contribution in [2.75, 3.05) is 26.2 Å². The molecule has 0 N–H and O–H groups in total. The maximum Gasteiger partial charge on any atom is 0.410 e. The van der Waals surface area contributed by atoms with Crippen molar-refractivity contribution in [2.45, 2.75) is 75.6 Å². The number of carbonyl (C=O) groups is 2. The standard InChI is InChI=1S/C29H37F2N3O6S/c1-20-18-32(27(35)40-29(2,3)4)15-16-33(20)28(36)39-19-24-9-6-10-26(21-7-5-8-23(31)17-21)34(24)41(37,38)25-13-11-22(30)12-14-25/h5,7-8,11-14,17,20,24,26H,6,9-10,15-16,18-19H2,1-4H3/t20?,24-,26+/m1/s1. The van der Waals surface area contributed by atoms with Crippen molar-refractivity contribution >= 4 is 22.2 Å². The number of amides is 2. The van der Waals surface area contributed by atoms with Crippen molar-refractivity contribution in [3.05, 3.63) is 65.7 Å². The highest BCUT2D eigenvalue weighted by Gasteiger charge is 2.42. The summed E-state index contributed by atoms with van der Waals surface area (Å²) in [5.41, 5.74) is -0.154. The van der Waals surface area contributed by atoms with Crippen LogP contribution in [0.5, 0.6) is 0 Å². The van der Waals surface area contributed by atoms with E-state index in [-0.39, 0.29) is 37.2 Å². The van der Waals surface area contributed by atoms with Crippen LogP contribution in [0.3, 0.4) is 0 Å². The molecular weight excluding hydrogens is 556 g/mol. The Labute approximate surface area is 240 Å². The average Bonchev–Trinajstić information content (AvgIpc) is 2.90. The van der Waals surface area contributed by atoms with Gasteiger partial charge in [0.05, 0.1) is 23.0 Å². The van der Waals surface area contributed by atoms with E-state index in [1.807, 2.05) is 0 Å². The van der Waals surface area contributed by atoms with E-state index in [0.29, 0.717) is 24.8 Å². The van der Waals surface area contributed by atoms with Gasteiger partial charge in [0.25, 0.3) is 0 Å². The van der Waals surface area contributed by atoms with Gasteiger partial charge in [0.2, 0.25) is 10.0 Å². The van der Waals surface area contributed by atoms with Gasteiger partial charge in [0.15, 0.2) is 0 Å². The van der Waals surface area contributed by atoms with Crippen LogP contribution in [0.4, 0.5) is 18.4 Å². The minimum Gasteiger partial charge on any atom is -0.448 e. The summed E-state index contributed by atoms with van der Waals surface area (Å²) in [6, 6.07) is 8.53. The predicted octanol–water partition coefficient (Wildman–Crippen LogP) is 5.33. The molecule has 2 amide bonds. The quantitative estimate of drug-likeness (QED) is 0.465. The molecule has 41 heavy (non-hydrogen) atoms. The van der Waals surface area contributed by atoms with E-state index in [0.717, 1.165) is 12.1 Å². The first-order valence-corrected chi connectivity index (χ1v) is 15.2. The molecule has 0 saturated carbocycles. The first kappa shape index (κ1) is 30.7. The van der Waals surface area contributed by atoms with Crippen molar-refractivity contribution in [1.82, 2.24) is 14.1 Å². The zero-order chi connectivity index (χ0) is 29.9. The Morgan fingerprint density at radius 2 is 1.68 bits per heavy atom. The Morgan fingerprint density at radius 1 is 0.976 bits per heavy atom. The summed E-state index contributed by atoms with van der Waals surface area (Å²) in [6.45, 7) is 7.69. The molecule has 0 spiro atoms. The van der Waals surface area contributed by atoms with Gasteiger partial charge in [0.1, 0.15) is 23.8 Å². The minimum atomic E-state index is -4.17. The molecule has 4 rings (SSSR count). The number of rotatable bonds is 5. The number of nitrogens with zero attached hydrogens (tertiary/aromatic N) is 3. The number of carbonyl (C=O) groups excluding carboxylic acids is 2. The first-order chi connectivity index (χ1) is 19.3. The fraction of sp³-hybridized carbons (Fsp3) is 0.517. The molecule has 2 saturated heterocycles. The van der Waals surface area contributed by atoms with Crippen LogP contribution in [-0.4, -0.2) is 78.6 Å². The van der Waals surface area contributed by atoms with Crippen molar-refractivity contribution in [3.63, 3.8) is 0 Å². The molecule has 224 valence electrons. The summed E-state index contributed by atoms with van der Waals surface area (Å²) in [4.78, 5) is 28.5. The molecule has 2 aromatic carbocycles. The van der Waals surface area contributed by atoms with Crippen LogP contribution < -0.4 is 0 Å². The Kier molecular flexibility index (Phi) is 9.22. The summed E-state index contributed by atoms with van der Waals surface area (Å²) in [7, 11) is -4.17. The molecule has 12 heteroatoms. The highest BCUT2D eigenvalue weighted by atomic mass is 32.2. The highest BCUT2D eigenvalue weighted by molar-refractivity contribution is 7.89. The molecular formula is C29H37F2N3O6S. The number of sulfonamides is 1. The Balaban J connectivity index is 1.51. The van der Waals surface area contributed by atoms with Crippen molar-refractivity contribution < 1.29 is 36.3 Å². The van der Waals surface area contributed by atoms with E-state index in [1.165, 1.54) is 39.5 Å². The van der Waals surface area contributed by atoms with Gasteiger partial charge < -0.3 is 19.3 Å². The molecule has 2 aromatic rings. The molecule has 0 aliphatic carbocycles. The summed E-state index contributed by atoms with van der Waals surface area (Å²) >= 11 is 0. The fourth-order valence-electron chi connectivity index (χ4n) is 5.30. The lowest BCUT2D eigenvalue weighted by Gasteiger charge is -2.42. The number of piperidine rings is 1. The van der Waals surface area contributed by atoms with Gasteiger partial charge in [-0.25, -0.2) is 26.8 Å². The minimum absolute atomic E-state index is 0.106. The van der Waals surface area contributed by atoms with E-state index in [4.69, 9.17) is 9.47 Å². The van der Waals surface area contributed by atoms with Gasteiger partial charge in [-0.1, -0.05) is 12.1 Å². The second kappa shape index (κ2) is 12.3. The van der Waals surface area contributed by atoms with Crippen molar-refractivity contribution in [1.29, 1.82) is 0 Å². The van der Waals surface area contributed by atoms with E-state index >= 15 is 0 Å². The lowest BCUT2D eigenvalue weighted by Crippen LogP contribution is -2.56. The molecule has 0 radical (unpaired) electrons. The number of hydrogen-bond acceptors (Lipinski definition) is 6. The highest BCUT2D eigenvalue weighted by Crippen LogP contribution is 2.39. The largest absolute Gasteiger partial charge is 0.448 e. The van der Waals surface area contributed by atoms with E-state index in [2.05, 4.69) is 0 Å². The maximum absolute atomic E-state index is 14.1. The first-order valence-electron chi connectivity index (χ1n) is 13.7. The zero-order valence-electron chi connectivity index (χ0n) is 23.8. The molecule has 1 unspecified atom stereocenters. The summed E-state index contributed by atoms with van der Waals surface area (Å²) in [5, 5.41) is 0. The lowest BCUT2D eigenvalue weighted by atomic mass is 9.93. The predicted molar refractivity (Wildman–Crippen MR) is 148 cm³/mol. The van der Waals surface area contributed by atoms with Crippen LogP contribution >= 0.6 is 0 Å². The second-order valence-electron chi connectivity index (χ2n) is 11.5. The number of benzene rings is 2. The molecule has 9 nitrogen and oxygen atoms in total. The van der Waals surface area contributed by atoms with Gasteiger partial charge in [-0.15, -0.1) is 0 Å². The van der Waals surface area contributed by atoms with E-state index in [1.54, 1.807) is 38.7 Å². The SMILES string of the molecule is CC1CN(C(=O)OC(C)(C)C)CCN1C(=O)OC[C@H]1CCC[C@@H](c2cccc(F)c2)N1S(=O)(=O)c1ccc(F)cc1. The number of ether oxygens (including phenoxy) is 2. The second-order valence-corrected chi connectivity index (χ2v) is 13.3. The summed E-state index contributed by atoms with van der Waals surface area (Å²) in [5.74, 6) is -1.06. The van der Waals surface area contributed by atoms with Crippen molar-refractivity contribution in [2.24, 2.45) is 0 Å². The van der Waals surface area contributed by atoms with E-state index in [9.17, 15) is 26.8 Å².